The highest BCUT2D eigenvalue weighted by Crippen LogP contribution is 2.34. The van der Waals surface area contributed by atoms with Crippen molar-refractivity contribution in [3.8, 4) is 0 Å². The summed E-state index contributed by atoms with van der Waals surface area (Å²) in [5.74, 6) is 0.356. The van der Waals surface area contributed by atoms with Crippen LogP contribution in [-0.4, -0.2) is 10.7 Å². The Morgan fingerprint density at radius 2 is 2.15 bits per heavy atom. The molecule has 1 aliphatic carbocycles. The van der Waals surface area contributed by atoms with Crippen LogP contribution in [0.15, 0.2) is 12.2 Å². The van der Waals surface area contributed by atoms with Gasteiger partial charge in [0.1, 0.15) is 0 Å². The molecule has 13 heavy (non-hydrogen) atoms. The number of hydrogen-bond acceptors (Lipinski definition) is 1. The normalized spacial score (nSPS) is 32.7. The van der Waals surface area contributed by atoms with Crippen LogP contribution in [0.2, 0.25) is 0 Å². The molecule has 1 nitrogen and oxygen atoms in total. The van der Waals surface area contributed by atoms with E-state index in [2.05, 4.69) is 26.0 Å². The molecule has 0 heterocycles. The van der Waals surface area contributed by atoms with Gasteiger partial charge in [0.2, 0.25) is 0 Å². The summed E-state index contributed by atoms with van der Waals surface area (Å²) in [6, 6.07) is 0. The van der Waals surface area contributed by atoms with Gasteiger partial charge in [0.15, 0.2) is 0 Å². The smallest absolute Gasteiger partial charge is 0.0741 e. The molecule has 0 bridgehead atoms. The van der Waals surface area contributed by atoms with E-state index in [0.29, 0.717) is 5.92 Å². The summed E-state index contributed by atoms with van der Waals surface area (Å²) in [5, 5.41) is 10.2. The number of rotatable bonds is 5. The maximum absolute atomic E-state index is 10.2. The molecule has 76 valence electrons. The maximum atomic E-state index is 10.2. The summed E-state index contributed by atoms with van der Waals surface area (Å²) >= 11 is 0. The van der Waals surface area contributed by atoms with Crippen LogP contribution < -0.4 is 0 Å². The van der Waals surface area contributed by atoms with Gasteiger partial charge in [-0.05, 0) is 12.8 Å². The van der Waals surface area contributed by atoms with E-state index in [0.717, 1.165) is 12.8 Å². The highest BCUT2D eigenvalue weighted by Gasteiger charge is 2.33. The zero-order valence-corrected chi connectivity index (χ0v) is 8.92. The summed E-state index contributed by atoms with van der Waals surface area (Å²) in [4.78, 5) is 0. The van der Waals surface area contributed by atoms with Gasteiger partial charge in [0, 0.05) is 5.92 Å². The monoisotopic (exact) mass is 182 g/mol. The quantitative estimate of drug-likeness (QED) is 0.511. The van der Waals surface area contributed by atoms with Crippen LogP contribution in [0.1, 0.15) is 52.4 Å². The Labute approximate surface area is 81.9 Å². The second-order valence-electron chi connectivity index (χ2n) is 4.34. The Bertz CT molecular complexity index is 174. The molecule has 1 heteroatoms. The van der Waals surface area contributed by atoms with Crippen molar-refractivity contribution < 1.29 is 5.11 Å². The Hall–Kier alpha value is -0.300. The number of aliphatic hydroxyl groups is 1. The highest BCUT2D eigenvalue weighted by atomic mass is 16.3. The third kappa shape index (κ3) is 2.84. The molecule has 0 saturated carbocycles. The molecular formula is C12H22O. The lowest BCUT2D eigenvalue weighted by Crippen LogP contribution is -2.31. The fraction of sp³-hybridized carbons (Fsp3) is 0.833. The van der Waals surface area contributed by atoms with Crippen LogP contribution in [0.5, 0.6) is 0 Å². The van der Waals surface area contributed by atoms with E-state index in [1.807, 2.05) is 0 Å². The van der Waals surface area contributed by atoms with Crippen LogP contribution in [0.4, 0.5) is 0 Å². The topological polar surface area (TPSA) is 20.2 Å². The first-order valence-electron chi connectivity index (χ1n) is 5.58. The van der Waals surface area contributed by atoms with Gasteiger partial charge < -0.3 is 5.11 Å². The fourth-order valence-electron chi connectivity index (χ4n) is 2.03. The van der Waals surface area contributed by atoms with Crippen LogP contribution >= 0.6 is 0 Å². The molecule has 2 unspecified atom stereocenters. The van der Waals surface area contributed by atoms with Crippen LogP contribution in [0.25, 0.3) is 0 Å². The zero-order chi connectivity index (χ0) is 9.73. The van der Waals surface area contributed by atoms with Gasteiger partial charge in [-0.15, -0.1) is 0 Å². The summed E-state index contributed by atoms with van der Waals surface area (Å²) in [6.45, 7) is 4.33. The van der Waals surface area contributed by atoms with E-state index in [-0.39, 0.29) is 0 Å². The number of hydrogen-bond donors (Lipinski definition) is 1. The van der Waals surface area contributed by atoms with E-state index in [4.69, 9.17) is 0 Å². The predicted octanol–water partition coefficient (Wildman–Crippen LogP) is 3.28. The van der Waals surface area contributed by atoms with Gasteiger partial charge >= 0.3 is 0 Å². The van der Waals surface area contributed by atoms with E-state index in [9.17, 15) is 5.11 Å². The second kappa shape index (κ2) is 4.80. The number of unbranched alkanes of at least 4 members (excludes halogenated alkanes) is 3. The Kier molecular flexibility index (Phi) is 3.98. The maximum Gasteiger partial charge on any atom is 0.0741 e. The minimum Gasteiger partial charge on any atom is -0.389 e. The average Bonchev–Trinajstić information content (AvgIpc) is 2.42. The van der Waals surface area contributed by atoms with Gasteiger partial charge in [0.05, 0.1) is 5.60 Å². The molecule has 1 rings (SSSR count). The molecule has 0 fully saturated rings. The minimum atomic E-state index is -0.409. The molecule has 0 aliphatic heterocycles. The standard InChI is InChI=1S/C12H22O/c1-3-4-5-6-9-12(13)10-7-8-11(12)2/h7-8,11,13H,3-6,9-10H2,1-2H3. The van der Waals surface area contributed by atoms with Gasteiger partial charge in [0.25, 0.3) is 0 Å². The first-order valence-corrected chi connectivity index (χ1v) is 5.58. The van der Waals surface area contributed by atoms with Crippen molar-refractivity contribution in [1.82, 2.24) is 0 Å². The van der Waals surface area contributed by atoms with Gasteiger partial charge in [-0.2, -0.15) is 0 Å². The second-order valence-corrected chi connectivity index (χ2v) is 4.34. The molecule has 0 radical (unpaired) electrons. The molecule has 1 N–H and O–H groups in total. The van der Waals surface area contributed by atoms with Crippen molar-refractivity contribution >= 4 is 0 Å². The zero-order valence-electron chi connectivity index (χ0n) is 8.92. The van der Waals surface area contributed by atoms with E-state index >= 15 is 0 Å². The van der Waals surface area contributed by atoms with Gasteiger partial charge in [-0.25, -0.2) is 0 Å². The van der Waals surface area contributed by atoms with E-state index in [1.54, 1.807) is 0 Å². The lowest BCUT2D eigenvalue weighted by Gasteiger charge is -2.27. The van der Waals surface area contributed by atoms with Crippen molar-refractivity contribution in [2.45, 2.75) is 58.0 Å². The molecule has 2 atom stereocenters. The van der Waals surface area contributed by atoms with E-state index in [1.165, 1.54) is 25.7 Å². The molecule has 0 aromatic carbocycles. The third-order valence-corrected chi connectivity index (χ3v) is 3.21. The van der Waals surface area contributed by atoms with Gasteiger partial charge in [-0.1, -0.05) is 51.7 Å². The van der Waals surface area contributed by atoms with Crippen molar-refractivity contribution in [3.63, 3.8) is 0 Å². The summed E-state index contributed by atoms with van der Waals surface area (Å²) in [7, 11) is 0. The molecule has 0 spiro atoms. The molecule has 0 amide bonds. The molecule has 0 aromatic heterocycles. The highest BCUT2D eigenvalue weighted by molar-refractivity contribution is 5.08. The summed E-state index contributed by atoms with van der Waals surface area (Å²) in [6.07, 6.45) is 11.1. The molecule has 0 aromatic rings. The third-order valence-electron chi connectivity index (χ3n) is 3.21. The Balaban J connectivity index is 2.20. The van der Waals surface area contributed by atoms with Crippen molar-refractivity contribution in [1.29, 1.82) is 0 Å². The largest absolute Gasteiger partial charge is 0.389 e. The molecular weight excluding hydrogens is 160 g/mol. The van der Waals surface area contributed by atoms with Gasteiger partial charge in [-0.3, -0.25) is 0 Å². The lowest BCUT2D eigenvalue weighted by molar-refractivity contribution is 0.00688. The van der Waals surface area contributed by atoms with Crippen LogP contribution in [0, 0.1) is 5.92 Å². The minimum absolute atomic E-state index is 0.356. The average molecular weight is 182 g/mol. The fourth-order valence-corrected chi connectivity index (χ4v) is 2.03. The Morgan fingerprint density at radius 3 is 2.69 bits per heavy atom. The van der Waals surface area contributed by atoms with Crippen molar-refractivity contribution in [3.05, 3.63) is 12.2 Å². The lowest BCUT2D eigenvalue weighted by atomic mass is 9.86. The van der Waals surface area contributed by atoms with Crippen molar-refractivity contribution in [2.24, 2.45) is 5.92 Å². The first kappa shape index (κ1) is 10.8. The SMILES string of the molecule is CCCCCCC1(O)CC=CC1C. The predicted molar refractivity (Wildman–Crippen MR) is 56.6 cm³/mol. The molecule has 1 aliphatic rings. The summed E-state index contributed by atoms with van der Waals surface area (Å²) < 4.78 is 0. The Morgan fingerprint density at radius 1 is 1.38 bits per heavy atom. The molecule has 0 saturated heterocycles. The van der Waals surface area contributed by atoms with E-state index < -0.39 is 5.60 Å². The first-order chi connectivity index (χ1) is 6.19. The van der Waals surface area contributed by atoms with Crippen LogP contribution in [-0.2, 0) is 0 Å². The summed E-state index contributed by atoms with van der Waals surface area (Å²) in [5.41, 5.74) is -0.409. The van der Waals surface area contributed by atoms with Crippen molar-refractivity contribution in [2.75, 3.05) is 0 Å². The van der Waals surface area contributed by atoms with Crippen LogP contribution in [0.3, 0.4) is 0 Å².